The predicted octanol–water partition coefficient (Wildman–Crippen LogP) is 2.36. The summed E-state index contributed by atoms with van der Waals surface area (Å²) in [6.45, 7) is 0.966. The van der Waals surface area contributed by atoms with Crippen molar-refractivity contribution in [3.63, 3.8) is 0 Å². The van der Waals surface area contributed by atoms with E-state index in [4.69, 9.17) is 11.6 Å². The van der Waals surface area contributed by atoms with Crippen LogP contribution in [0.5, 0.6) is 0 Å². The summed E-state index contributed by atoms with van der Waals surface area (Å²) >= 11 is 7.91. The summed E-state index contributed by atoms with van der Waals surface area (Å²) in [5.41, 5.74) is -0.0641. The third-order valence-electron chi connectivity index (χ3n) is 3.12. The zero-order valence-electron chi connectivity index (χ0n) is 9.46. The summed E-state index contributed by atoms with van der Waals surface area (Å²) in [6.07, 6.45) is 5.96. The van der Waals surface area contributed by atoms with Crippen LogP contribution in [0.1, 0.15) is 25.7 Å². The van der Waals surface area contributed by atoms with E-state index in [1.165, 1.54) is 12.7 Å². The quantitative estimate of drug-likeness (QED) is 0.659. The molecule has 0 aromatic carbocycles. The lowest BCUT2D eigenvalue weighted by Crippen LogP contribution is -2.41. The molecule has 1 saturated heterocycles. The highest BCUT2D eigenvalue weighted by molar-refractivity contribution is 14.1. The van der Waals surface area contributed by atoms with Crippen molar-refractivity contribution in [2.75, 3.05) is 17.3 Å². The number of H-pyrrole nitrogens is 1. The van der Waals surface area contributed by atoms with E-state index in [1.54, 1.807) is 0 Å². The van der Waals surface area contributed by atoms with Crippen molar-refractivity contribution in [2.24, 2.45) is 0 Å². The van der Waals surface area contributed by atoms with Gasteiger partial charge in [-0.2, -0.15) is 0 Å². The maximum absolute atomic E-state index is 11.6. The zero-order chi connectivity index (χ0) is 12.3. The van der Waals surface area contributed by atoms with Crippen LogP contribution in [0.4, 0.5) is 5.82 Å². The molecule has 1 atom stereocenters. The third kappa shape index (κ3) is 2.93. The lowest BCUT2D eigenvalue weighted by Gasteiger charge is -2.36. The van der Waals surface area contributed by atoms with E-state index in [0.29, 0.717) is 15.5 Å². The molecule has 94 valence electrons. The minimum atomic E-state index is -0.0641. The second kappa shape index (κ2) is 6.04. The van der Waals surface area contributed by atoms with Crippen LogP contribution in [0.15, 0.2) is 11.1 Å². The van der Waals surface area contributed by atoms with Gasteiger partial charge in [-0.25, -0.2) is 4.98 Å². The summed E-state index contributed by atoms with van der Waals surface area (Å²) in [5.74, 6) is 1.46. The summed E-state index contributed by atoms with van der Waals surface area (Å²) in [6, 6.07) is 0.420. The van der Waals surface area contributed by atoms with Crippen molar-refractivity contribution in [1.29, 1.82) is 0 Å². The highest BCUT2D eigenvalue weighted by Gasteiger charge is 2.25. The number of rotatable bonds is 3. The molecule has 1 aliphatic rings. The standard InChI is InChI=1S/C11H15ClIN3O/c12-5-4-8-3-1-2-6-16(8)10-9(13)11(17)15-7-14-10/h7-8H,1-6H2,(H,14,15,17). The van der Waals surface area contributed by atoms with Gasteiger partial charge in [0.1, 0.15) is 9.39 Å². The van der Waals surface area contributed by atoms with E-state index in [2.05, 4.69) is 37.5 Å². The molecule has 1 fully saturated rings. The molecule has 17 heavy (non-hydrogen) atoms. The first-order valence-corrected chi connectivity index (χ1v) is 7.41. The molecule has 1 aliphatic heterocycles. The first kappa shape index (κ1) is 13.1. The van der Waals surface area contributed by atoms with Gasteiger partial charge in [-0.3, -0.25) is 4.79 Å². The van der Waals surface area contributed by atoms with Crippen LogP contribution in [0, 0.1) is 3.57 Å². The number of alkyl halides is 1. The van der Waals surface area contributed by atoms with Gasteiger partial charge in [-0.15, -0.1) is 11.6 Å². The second-order valence-corrected chi connectivity index (χ2v) is 5.65. The fourth-order valence-electron chi connectivity index (χ4n) is 2.28. The molecule has 2 rings (SSSR count). The Morgan fingerprint density at radius 2 is 2.41 bits per heavy atom. The molecule has 1 N–H and O–H groups in total. The molecule has 2 heterocycles. The number of hydrogen-bond donors (Lipinski definition) is 1. The van der Waals surface area contributed by atoms with Crippen molar-refractivity contribution in [3.8, 4) is 0 Å². The number of nitrogens with zero attached hydrogens (tertiary/aromatic N) is 2. The van der Waals surface area contributed by atoms with Gasteiger partial charge in [0.05, 0.1) is 6.33 Å². The van der Waals surface area contributed by atoms with Gasteiger partial charge >= 0.3 is 0 Å². The largest absolute Gasteiger partial charge is 0.352 e. The Labute approximate surface area is 119 Å². The highest BCUT2D eigenvalue weighted by Crippen LogP contribution is 2.26. The van der Waals surface area contributed by atoms with Gasteiger partial charge in [0.25, 0.3) is 5.56 Å². The Hall–Kier alpha value is -0.300. The minimum absolute atomic E-state index is 0.0641. The molecule has 0 aliphatic carbocycles. The first-order valence-electron chi connectivity index (χ1n) is 5.80. The molecule has 0 bridgehead atoms. The molecule has 1 unspecified atom stereocenters. The van der Waals surface area contributed by atoms with Crippen molar-refractivity contribution in [3.05, 3.63) is 20.3 Å². The van der Waals surface area contributed by atoms with Crippen LogP contribution in [0.25, 0.3) is 0 Å². The molecule has 4 nitrogen and oxygen atoms in total. The number of nitrogens with one attached hydrogen (secondary N) is 1. The first-order chi connectivity index (χ1) is 8.24. The Bertz CT molecular complexity index is 435. The van der Waals surface area contributed by atoms with Gasteiger partial charge in [0, 0.05) is 18.5 Å². The molecule has 0 radical (unpaired) electrons. The van der Waals surface area contributed by atoms with Crippen molar-refractivity contribution in [2.45, 2.75) is 31.7 Å². The van der Waals surface area contributed by atoms with Crippen LogP contribution in [-0.2, 0) is 0 Å². The van der Waals surface area contributed by atoms with Crippen LogP contribution >= 0.6 is 34.2 Å². The second-order valence-electron chi connectivity index (χ2n) is 4.19. The Balaban J connectivity index is 2.29. The molecular formula is C11H15ClIN3O. The van der Waals surface area contributed by atoms with Crippen LogP contribution in [0.2, 0.25) is 0 Å². The lowest BCUT2D eigenvalue weighted by atomic mass is 10.00. The topological polar surface area (TPSA) is 49.0 Å². The molecular weight excluding hydrogens is 352 g/mol. The van der Waals surface area contributed by atoms with E-state index in [-0.39, 0.29) is 5.56 Å². The number of hydrogen-bond acceptors (Lipinski definition) is 3. The molecule has 1 aromatic rings. The Morgan fingerprint density at radius 1 is 1.59 bits per heavy atom. The van der Waals surface area contributed by atoms with Crippen LogP contribution in [-0.4, -0.2) is 28.4 Å². The fourth-order valence-corrected chi connectivity index (χ4v) is 3.14. The van der Waals surface area contributed by atoms with E-state index in [1.807, 2.05) is 0 Å². The van der Waals surface area contributed by atoms with E-state index < -0.39 is 0 Å². The number of anilines is 1. The van der Waals surface area contributed by atoms with Gasteiger partial charge in [-0.1, -0.05) is 0 Å². The normalized spacial score (nSPS) is 20.6. The van der Waals surface area contributed by atoms with Crippen molar-refractivity contribution < 1.29 is 0 Å². The van der Waals surface area contributed by atoms with Gasteiger partial charge in [0.15, 0.2) is 0 Å². The van der Waals surface area contributed by atoms with Crippen LogP contribution in [0.3, 0.4) is 0 Å². The maximum Gasteiger partial charge on any atom is 0.266 e. The Morgan fingerprint density at radius 3 is 3.18 bits per heavy atom. The Kier molecular flexibility index (Phi) is 4.67. The van der Waals surface area contributed by atoms with E-state index >= 15 is 0 Å². The fraction of sp³-hybridized carbons (Fsp3) is 0.636. The van der Waals surface area contributed by atoms with E-state index in [0.717, 1.165) is 31.6 Å². The summed E-state index contributed by atoms with van der Waals surface area (Å²) < 4.78 is 0.673. The maximum atomic E-state index is 11.6. The van der Waals surface area contributed by atoms with Crippen LogP contribution < -0.4 is 10.5 Å². The van der Waals surface area contributed by atoms with Gasteiger partial charge in [-0.05, 0) is 48.3 Å². The molecule has 6 heteroatoms. The molecule has 0 amide bonds. The average molecular weight is 368 g/mol. The summed E-state index contributed by atoms with van der Waals surface area (Å²) in [4.78, 5) is 20.7. The summed E-state index contributed by atoms with van der Waals surface area (Å²) in [7, 11) is 0. The number of piperidine rings is 1. The SMILES string of the molecule is O=c1[nH]cnc(N2CCCCC2CCCl)c1I. The molecule has 0 saturated carbocycles. The number of aromatic amines is 1. The third-order valence-corrected chi connectivity index (χ3v) is 4.31. The number of halogens is 2. The average Bonchev–Trinajstić information content (AvgIpc) is 2.34. The summed E-state index contributed by atoms with van der Waals surface area (Å²) in [5, 5.41) is 0. The number of aromatic nitrogens is 2. The van der Waals surface area contributed by atoms with Crippen molar-refractivity contribution in [1.82, 2.24) is 9.97 Å². The minimum Gasteiger partial charge on any atom is -0.352 e. The van der Waals surface area contributed by atoms with Crippen molar-refractivity contribution >= 4 is 40.0 Å². The molecule has 1 aromatic heterocycles. The predicted molar refractivity (Wildman–Crippen MR) is 77.9 cm³/mol. The van der Waals surface area contributed by atoms with E-state index in [9.17, 15) is 4.79 Å². The highest BCUT2D eigenvalue weighted by atomic mass is 127. The molecule has 0 spiro atoms. The zero-order valence-corrected chi connectivity index (χ0v) is 12.4. The lowest BCUT2D eigenvalue weighted by molar-refractivity contribution is 0.447. The van der Waals surface area contributed by atoms with Gasteiger partial charge in [0.2, 0.25) is 0 Å². The monoisotopic (exact) mass is 367 g/mol. The smallest absolute Gasteiger partial charge is 0.266 e. The van der Waals surface area contributed by atoms with Gasteiger partial charge < -0.3 is 9.88 Å².